The largest absolute Gasteiger partial charge is 0.223 e. The molecule has 0 saturated carbocycles. The predicted molar refractivity (Wildman–Crippen MR) is 39.2 cm³/mol. The summed E-state index contributed by atoms with van der Waals surface area (Å²) in [5.41, 5.74) is 0. The van der Waals surface area contributed by atoms with Crippen LogP contribution in [0.2, 0.25) is 0 Å². The third kappa shape index (κ3) is 0.823. The minimum atomic E-state index is 1.09. The molecule has 0 fully saturated rings. The predicted octanol–water partition coefficient (Wildman–Crippen LogP) is 1.33. The Kier molecular flexibility index (Phi) is 1.25. The first-order valence-corrected chi connectivity index (χ1v) is 3.73. The monoisotopic (exact) mass is 151 g/mol. The van der Waals surface area contributed by atoms with Gasteiger partial charge in [0, 0.05) is 0 Å². The van der Waals surface area contributed by atoms with Crippen LogP contribution >= 0.6 is 11.3 Å². The summed E-state index contributed by atoms with van der Waals surface area (Å²) in [6, 6.07) is 3.99. The van der Waals surface area contributed by atoms with E-state index in [2.05, 4.69) is 10.1 Å². The van der Waals surface area contributed by atoms with Gasteiger partial charge in [0.25, 0.3) is 0 Å². The molecular weight excluding hydrogens is 146 g/mol. The van der Waals surface area contributed by atoms with E-state index in [1.165, 1.54) is 6.33 Å². The zero-order valence-electron chi connectivity index (χ0n) is 5.14. The molecule has 0 aliphatic carbocycles. The molecular formula is C6H5N3S. The van der Waals surface area contributed by atoms with Gasteiger partial charge in [-0.3, -0.25) is 0 Å². The van der Waals surface area contributed by atoms with Gasteiger partial charge in [-0.1, -0.05) is 0 Å². The Hall–Kier alpha value is -1.16. The second-order valence-corrected chi connectivity index (χ2v) is 2.72. The van der Waals surface area contributed by atoms with Crippen molar-refractivity contribution in [3.8, 4) is 5.00 Å². The highest BCUT2D eigenvalue weighted by atomic mass is 32.1. The van der Waals surface area contributed by atoms with E-state index < -0.39 is 0 Å². The summed E-state index contributed by atoms with van der Waals surface area (Å²) in [6.45, 7) is 0. The molecule has 3 nitrogen and oxygen atoms in total. The van der Waals surface area contributed by atoms with Crippen molar-refractivity contribution >= 4 is 11.3 Å². The van der Waals surface area contributed by atoms with Crippen molar-refractivity contribution in [2.45, 2.75) is 0 Å². The molecule has 0 atom stereocenters. The highest BCUT2D eigenvalue weighted by molar-refractivity contribution is 7.12. The lowest BCUT2D eigenvalue weighted by molar-refractivity contribution is 0.896. The smallest absolute Gasteiger partial charge is 0.138 e. The summed E-state index contributed by atoms with van der Waals surface area (Å²) in [5, 5.41) is 7.08. The molecule has 0 radical (unpaired) electrons. The molecule has 0 N–H and O–H groups in total. The average molecular weight is 151 g/mol. The molecule has 0 bridgehead atoms. The molecule has 0 aliphatic heterocycles. The van der Waals surface area contributed by atoms with E-state index in [1.807, 2.05) is 17.5 Å². The Morgan fingerprint density at radius 1 is 1.50 bits per heavy atom. The molecule has 2 aromatic heterocycles. The third-order valence-electron chi connectivity index (χ3n) is 1.15. The first-order valence-electron chi connectivity index (χ1n) is 2.85. The SMILES string of the molecule is c1csc(-n2cncn2)c1. The molecule has 10 heavy (non-hydrogen) atoms. The van der Waals surface area contributed by atoms with E-state index in [0.717, 1.165) is 5.00 Å². The molecule has 0 aromatic carbocycles. The molecule has 0 amide bonds. The Morgan fingerprint density at radius 2 is 2.50 bits per heavy atom. The molecule has 0 saturated heterocycles. The van der Waals surface area contributed by atoms with Gasteiger partial charge in [-0.2, -0.15) is 5.10 Å². The minimum absolute atomic E-state index is 1.09. The van der Waals surface area contributed by atoms with Crippen molar-refractivity contribution in [2.24, 2.45) is 0 Å². The second kappa shape index (κ2) is 2.22. The fourth-order valence-electron chi connectivity index (χ4n) is 0.722. The fraction of sp³-hybridized carbons (Fsp3) is 0. The molecule has 4 heteroatoms. The fourth-order valence-corrected chi connectivity index (χ4v) is 1.38. The maximum Gasteiger partial charge on any atom is 0.138 e. The van der Waals surface area contributed by atoms with Crippen LogP contribution in [-0.2, 0) is 0 Å². The molecule has 50 valence electrons. The van der Waals surface area contributed by atoms with Crippen molar-refractivity contribution in [2.75, 3.05) is 0 Å². The van der Waals surface area contributed by atoms with E-state index in [4.69, 9.17) is 0 Å². The summed E-state index contributed by atoms with van der Waals surface area (Å²) < 4.78 is 1.74. The van der Waals surface area contributed by atoms with Crippen molar-refractivity contribution in [3.05, 3.63) is 30.2 Å². The topological polar surface area (TPSA) is 30.7 Å². The third-order valence-corrected chi connectivity index (χ3v) is 2.01. The van der Waals surface area contributed by atoms with Gasteiger partial charge in [-0.25, -0.2) is 9.67 Å². The van der Waals surface area contributed by atoms with Gasteiger partial charge in [0.2, 0.25) is 0 Å². The maximum atomic E-state index is 3.97. The Labute approximate surface area is 62.0 Å². The minimum Gasteiger partial charge on any atom is -0.223 e. The average Bonchev–Trinajstić information content (AvgIpc) is 2.59. The van der Waals surface area contributed by atoms with Crippen LogP contribution in [0.15, 0.2) is 30.2 Å². The summed E-state index contributed by atoms with van der Waals surface area (Å²) >= 11 is 1.64. The van der Waals surface area contributed by atoms with Crippen molar-refractivity contribution in [3.63, 3.8) is 0 Å². The van der Waals surface area contributed by atoms with Crippen LogP contribution in [0.1, 0.15) is 0 Å². The Morgan fingerprint density at radius 3 is 3.10 bits per heavy atom. The van der Waals surface area contributed by atoms with Crippen molar-refractivity contribution in [1.82, 2.24) is 14.8 Å². The number of aromatic nitrogens is 3. The molecule has 0 unspecified atom stereocenters. The van der Waals surface area contributed by atoms with Crippen LogP contribution in [0.25, 0.3) is 5.00 Å². The highest BCUT2D eigenvalue weighted by Crippen LogP contribution is 2.11. The standard InChI is InChI=1S/C6H5N3S/c1-2-6(10-3-1)9-5-7-4-8-9/h1-5H. The normalized spacial score (nSPS) is 10.0. The van der Waals surface area contributed by atoms with Crippen LogP contribution in [-0.4, -0.2) is 14.8 Å². The number of hydrogen-bond acceptors (Lipinski definition) is 3. The van der Waals surface area contributed by atoms with Gasteiger partial charge in [-0.15, -0.1) is 11.3 Å². The van der Waals surface area contributed by atoms with Crippen molar-refractivity contribution in [1.29, 1.82) is 0 Å². The second-order valence-electron chi connectivity index (χ2n) is 1.79. The Balaban J connectivity index is 2.48. The van der Waals surface area contributed by atoms with Gasteiger partial charge in [0.1, 0.15) is 17.7 Å². The number of nitrogens with zero attached hydrogens (tertiary/aromatic N) is 3. The van der Waals surface area contributed by atoms with E-state index in [-0.39, 0.29) is 0 Å². The van der Waals surface area contributed by atoms with Crippen LogP contribution < -0.4 is 0 Å². The first-order chi connectivity index (χ1) is 4.97. The van der Waals surface area contributed by atoms with Gasteiger partial charge in [0.15, 0.2) is 0 Å². The lowest BCUT2D eigenvalue weighted by atomic mass is 10.6. The number of thiophene rings is 1. The summed E-state index contributed by atoms with van der Waals surface area (Å²) in [6.07, 6.45) is 3.21. The van der Waals surface area contributed by atoms with E-state index in [1.54, 1.807) is 22.3 Å². The van der Waals surface area contributed by atoms with Gasteiger partial charge < -0.3 is 0 Å². The molecule has 0 spiro atoms. The van der Waals surface area contributed by atoms with Gasteiger partial charge >= 0.3 is 0 Å². The summed E-state index contributed by atoms with van der Waals surface area (Å²) in [5.74, 6) is 0. The van der Waals surface area contributed by atoms with E-state index in [0.29, 0.717) is 0 Å². The van der Waals surface area contributed by atoms with Crippen LogP contribution in [0.5, 0.6) is 0 Å². The van der Waals surface area contributed by atoms with Gasteiger partial charge in [0.05, 0.1) is 0 Å². The molecule has 2 rings (SSSR count). The first kappa shape index (κ1) is 5.61. The molecule has 2 heterocycles. The summed E-state index contributed by atoms with van der Waals surface area (Å²) in [4.78, 5) is 3.84. The lowest BCUT2D eigenvalue weighted by Crippen LogP contribution is -1.88. The van der Waals surface area contributed by atoms with E-state index >= 15 is 0 Å². The number of rotatable bonds is 1. The van der Waals surface area contributed by atoms with Crippen LogP contribution in [0, 0.1) is 0 Å². The zero-order chi connectivity index (χ0) is 6.81. The van der Waals surface area contributed by atoms with Gasteiger partial charge in [-0.05, 0) is 17.5 Å². The lowest BCUT2D eigenvalue weighted by Gasteiger charge is -1.89. The molecule has 0 aliphatic rings. The highest BCUT2D eigenvalue weighted by Gasteiger charge is 1.93. The summed E-state index contributed by atoms with van der Waals surface area (Å²) in [7, 11) is 0. The van der Waals surface area contributed by atoms with E-state index in [9.17, 15) is 0 Å². The Bertz CT molecular complexity index is 252. The zero-order valence-corrected chi connectivity index (χ0v) is 5.95. The number of hydrogen-bond donors (Lipinski definition) is 0. The van der Waals surface area contributed by atoms with Crippen molar-refractivity contribution < 1.29 is 0 Å². The maximum absolute atomic E-state index is 3.97. The van der Waals surface area contributed by atoms with Crippen LogP contribution in [0.4, 0.5) is 0 Å². The van der Waals surface area contributed by atoms with Crippen LogP contribution in [0.3, 0.4) is 0 Å². The quantitative estimate of drug-likeness (QED) is 0.615. The molecule has 2 aromatic rings.